The maximum atomic E-state index is 14.0. The zero-order chi connectivity index (χ0) is 20.4. The van der Waals surface area contributed by atoms with Gasteiger partial charge in [0.1, 0.15) is 22.8 Å². The lowest BCUT2D eigenvalue weighted by Crippen LogP contribution is -2.29. The summed E-state index contributed by atoms with van der Waals surface area (Å²) in [6.45, 7) is 2.41. The van der Waals surface area contributed by atoms with E-state index in [1.807, 2.05) is 12.1 Å². The number of H-pyrrole nitrogens is 1. The third kappa shape index (κ3) is 3.96. The first-order valence-electron chi connectivity index (χ1n) is 9.24. The molecule has 0 saturated carbocycles. The predicted molar refractivity (Wildman–Crippen MR) is 105 cm³/mol. The Morgan fingerprint density at radius 1 is 1.45 bits per heavy atom. The lowest BCUT2D eigenvalue weighted by molar-refractivity contribution is 0.193. The molecule has 1 amide bonds. The van der Waals surface area contributed by atoms with E-state index in [9.17, 15) is 9.18 Å². The number of hydrogen-bond acceptors (Lipinski definition) is 5. The summed E-state index contributed by atoms with van der Waals surface area (Å²) in [5, 5.41) is 11.1. The van der Waals surface area contributed by atoms with Crippen molar-refractivity contribution in [2.45, 2.75) is 31.8 Å². The monoisotopic (exact) mass is 394 g/mol. The molecule has 0 aromatic carbocycles. The fraction of sp³-hybridized carbons (Fsp3) is 0.300. The van der Waals surface area contributed by atoms with E-state index in [-0.39, 0.29) is 6.04 Å². The quantitative estimate of drug-likeness (QED) is 0.590. The highest BCUT2D eigenvalue weighted by atomic mass is 19.1. The van der Waals surface area contributed by atoms with Crippen molar-refractivity contribution in [2.24, 2.45) is 0 Å². The maximum absolute atomic E-state index is 14.0. The molecule has 4 rings (SSSR count). The number of aromatic nitrogens is 4. The Labute approximate surface area is 166 Å². The average molecular weight is 394 g/mol. The van der Waals surface area contributed by atoms with Crippen molar-refractivity contribution in [1.29, 1.82) is 0 Å². The molecule has 4 heterocycles. The average Bonchev–Trinajstić information content (AvgIpc) is 3.35. The fourth-order valence-electron chi connectivity index (χ4n) is 3.55. The number of anilines is 1. The maximum Gasteiger partial charge on any atom is 0.405 e. The van der Waals surface area contributed by atoms with Gasteiger partial charge in [0.2, 0.25) is 0 Å². The minimum absolute atomic E-state index is 0.127. The van der Waals surface area contributed by atoms with Crippen LogP contribution in [0.5, 0.6) is 0 Å². The normalized spacial score (nSPS) is 17.0. The summed E-state index contributed by atoms with van der Waals surface area (Å²) < 4.78 is 14.0. The standard InChI is InChI=1S/C20H19FN6O2/c1-12(25-20(28)29)4-5-15-14(9-13(21)10-22-15)17-3-2-8-27(17)18-7-6-16-19(26-18)24-11-23-16/h6-7,9-12,17,25H,2-3,8H2,1H3,(H,28,29)(H,23,24,26)/t12?,17-/m1/s1. The van der Waals surface area contributed by atoms with Crippen molar-refractivity contribution in [3.8, 4) is 11.8 Å². The molecule has 9 heteroatoms. The second kappa shape index (κ2) is 7.75. The number of imidazole rings is 1. The third-order valence-corrected chi connectivity index (χ3v) is 4.80. The zero-order valence-electron chi connectivity index (χ0n) is 15.7. The SMILES string of the molecule is CC(C#Cc1ncc(F)cc1[C@H]1CCCN1c1ccc2nc[nH]c2n1)NC(=O)O. The number of aromatic amines is 1. The first kappa shape index (κ1) is 18.7. The van der Waals surface area contributed by atoms with Crippen LogP contribution < -0.4 is 10.2 Å². The lowest BCUT2D eigenvalue weighted by atomic mass is 10.0. The number of nitrogens with zero attached hydrogens (tertiary/aromatic N) is 4. The van der Waals surface area contributed by atoms with Crippen molar-refractivity contribution in [1.82, 2.24) is 25.3 Å². The summed E-state index contributed by atoms with van der Waals surface area (Å²) in [5.74, 6) is 6.05. The molecule has 1 aliphatic heterocycles. The number of rotatable bonds is 3. The van der Waals surface area contributed by atoms with Gasteiger partial charge in [-0.2, -0.15) is 0 Å². The van der Waals surface area contributed by atoms with E-state index in [2.05, 4.69) is 42.0 Å². The van der Waals surface area contributed by atoms with Crippen LogP contribution in [0.3, 0.4) is 0 Å². The molecule has 1 fully saturated rings. The number of halogens is 1. The lowest BCUT2D eigenvalue weighted by Gasteiger charge is -2.26. The van der Waals surface area contributed by atoms with E-state index < -0.39 is 18.0 Å². The van der Waals surface area contributed by atoms with Crippen molar-refractivity contribution < 1.29 is 14.3 Å². The highest BCUT2D eigenvalue weighted by molar-refractivity contribution is 5.72. The second-order valence-electron chi connectivity index (χ2n) is 6.82. The van der Waals surface area contributed by atoms with Crippen LogP contribution in [0, 0.1) is 17.7 Å². The Kier molecular flexibility index (Phi) is 4.99. The summed E-state index contributed by atoms with van der Waals surface area (Å²) in [5.41, 5.74) is 2.58. The van der Waals surface area contributed by atoms with Gasteiger partial charge in [-0.1, -0.05) is 5.92 Å². The van der Waals surface area contributed by atoms with E-state index in [4.69, 9.17) is 5.11 Å². The summed E-state index contributed by atoms with van der Waals surface area (Å²) in [6.07, 6.45) is 3.30. The number of carboxylic acid groups (broad SMARTS) is 1. The number of nitrogens with one attached hydrogen (secondary N) is 2. The number of carbonyl (C=O) groups is 1. The molecule has 1 unspecified atom stereocenters. The molecule has 0 spiro atoms. The first-order valence-corrected chi connectivity index (χ1v) is 9.24. The Balaban J connectivity index is 1.68. The fourth-order valence-corrected chi connectivity index (χ4v) is 3.55. The molecule has 3 aromatic heterocycles. The van der Waals surface area contributed by atoms with Crippen LogP contribution in [-0.4, -0.2) is 43.7 Å². The molecule has 148 valence electrons. The molecular weight excluding hydrogens is 375 g/mol. The Morgan fingerprint density at radius 3 is 3.14 bits per heavy atom. The molecule has 1 saturated heterocycles. The van der Waals surface area contributed by atoms with Crippen LogP contribution >= 0.6 is 0 Å². The largest absolute Gasteiger partial charge is 0.465 e. The van der Waals surface area contributed by atoms with Gasteiger partial charge < -0.3 is 20.3 Å². The van der Waals surface area contributed by atoms with E-state index in [1.54, 1.807) is 13.3 Å². The Morgan fingerprint density at radius 2 is 2.31 bits per heavy atom. The molecule has 1 aliphatic rings. The summed E-state index contributed by atoms with van der Waals surface area (Å²) in [4.78, 5) is 28.9. The van der Waals surface area contributed by atoms with Crippen LogP contribution in [0.15, 0.2) is 30.7 Å². The minimum Gasteiger partial charge on any atom is -0.465 e. The summed E-state index contributed by atoms with van der Waals surface area (Å²) in [7, 11) is 0. The van der Waals surface area contributed by atoms with Crippen molar-refractivity contribution in [3.05, 3.63) is 47.8 Å². The molecule has 3 aromatic rings. The van der Waals surface area contributed by atoms with Crippen LogP contribution in [0.1, 0.15) is 37.1 Å². The van der Waals surface area contributed by atoms with Gasteiger partial charge in [0, 0.05) is 12.1 Å². The van der Waals surface area contributed by atoms with Crippen molar-refractivity contribution in [3.63, 3.8) is 0 Å². The molecule has 0 bridgehead atoms. The van der Waals surface area contributed by atoms with Crippen LogP contribution in [0.4, 0.5) is 15.0 Å². The van der Waals surface area contributed by atoms with Crippen LogP contribution in [0.2, 0.25) is 0 Å². The summed E-state index contributed by atoms with van der Waals surface area (Å²) >= 11 is 0. The zero-order valence-corrected chi connectivity index (χ0v) is 15.7. The van der Waals surface area contributed by atoms with E-state index in [0.29, 0.717) is 16.9 Å². The van der Waals surface area contributed by atoms with Gasteiger partial charge in [-0.3, -0.25) is 0 Å². The summed E-state index contributed by atoms with van der Waals surface area (Å²) in [6, 6.07) is 4.55. The Hall–Kier alpha value is -3.67. The number of pyridine rings is 2. The predicted octanol–water partition coefficient (Wildman–Crippen LogP) is 2.84. The number of amides is 1. The van der Waals surface area contributed by atoms with Crippen LogP contribution in [0.25, 0.3) is 11.2 Å². The van der Waals surface area contributed by atoms with Crippen molar-refractivity contribution in [2.75, 3.05) is 11.4 Å². The minimum atomic E-state index is -1.15. The molecule has 8 nitrogen and oxygen atoms in total. The van der Waals surface area contributed by atoms with Gasteiger partial charge in [0.25, 0.3) is 0 Å². The molecule has 29 heavy (non-hydrogen) atoms. The van der Waals surface area contributed by atoms with Gasteiger partial charge in [-0.05, 0) is 43.9 Å². The molecule has 0 radical (unpaired) electrons. The van der Waals surface area contributed by atoms with Gasteiger partial charge in [-0.15, -0.1) is 0 Å². The van der Waals surface area contributed by atoms with Gasteiger partial charge >= 0.3 is 6.09 Å². The molecule has 3 N–H and O–H groups in total. The molecule has 2 atom stereocenters. The topological polar surface area (TPSA) is 107 Å². The highest BCUT2D eigenvalue weighted by Crippen LogP contribution is 2.36. The van der Waals surface area contributed by atoms with Crippen LogP contribution in [-0.2, 0) is 0 Å². The van der Waals surface area contributed by atoms with Gasteiger partial charge in [0.15, 0.2) is 5.65 Å². The number of hydrogen-bond donors (Lipinski definition) is 3. The highest BCUT2D eigenvalue weighted by Gasteiger charge is 2.30. The molecule has 0 aliphatic carbocycles. The first-order chi connectivity index (χ1) is 14.0. The van der Waals surface area contributed by atoms with E-state index in [0.717, 1.165) is 36.9 Å². The van der Waals surface area contributed by atoms with Gasteiger partial charge in [-0.25, -0.2) is 24.1 Å². The smallest absolute Gasteiger partial charge is 0.405 e. The third-order valence-electron chi connectivity index (χ3n) is 4.80. The van der Waals surface area contributed by atoms with E-state index in [1.165, 1.54) is 6.07 Å². The molecular formula is C20H19FN6O2. The number of fused-ring (bicyclic) bond motifs is 1. The van der Waals surface area contributed by atoms with Gasteiger partial charge in [0.05, 0.1) is 24.6 Å². The Bertz CT molecular complexity index is 1120. The van der Waals surface area contributed by atoms with Crippen molar-refractivity contribution >= 4 is 23.1 Å². The van der Waals surface area contributed by atoms with E-state index >= 15 is 0 Å². The second-order valence-corrected chi connectivity index (χ2v) is 6.82.